The van der Waals surface area contributed by atoms with Crippen molar-refractivity contribution in [2.24, 2.45) is 45.8 Å². The summed E-state index contributed by atoms with van der Waals surface area (Å²) < 4.78 is 32.3. The maximum absolute atomic E-state index is 13.2. The number of hydrogen-bond donors (Lipinski definition) is 0. The Hall–Kier alpha value is -1.46. The molecule has 4 aliphatic carbocycles. The Balaban J connectivity index is 1.35. The van der Waals surface area contributed by atoms with Crippen molar-refractivity contribution in [3.8, 4) is 0 Å². The molecule has 0 aliphatic heterocycles. The highest BCUT2D eigenvalue weighted by atomic mass is 32.2. The van der Waals surface area contributed by atoms with E-state index in [-0.39, 0.29) is 39.1 Å². The first-order chi connectivity index (χ1) is 19.1. The van der Waals surface area contributed by atoms with Gasteiger partial charge in [-0.05, 0) is 117 Å². The zero-order valence-electron chi connectivity index (χ0n) is 26.9. The van der Waals surface area contributed by atoms with Crippen molar-refractivity contribution in [1.29, 1.82) is 0 Å². The fourth-order valence-corrected chi connectivity index (χ4v) is 11.3. The quantitative estimate of drug-likeness (QED) is 0.227. The highest BCUT2D eigenvalue weighted by Gasteiger charge is 2.62. The molecule has 4 aliphatic rings. The second-order valence-electron chi connectivity index (χ2n) is 15.4. The molecule has 0 saturated heterocycles. The lowest BCUT2D eigenvalue weighted by Gasteiger charge is -2.60. The van der Waals surface area contributed by atoms with Crippen molar-refractivity contribution in [3.63, 3.8) is 0 Å². The maximum Gasteiger partial charge on any atom is 0.297 e. The molecule has 0 unspecified atom stereocenters. The van der Waals surface area contributed by atoms with Crippen LogP contribution < -0.4 is 0 Å². The Morgan fingerprint density at radius 3 is 2.29 bits per heavy atom. The molecule has 0 N–H and O–H groups in total. The molecule has 0 amide bonds. The topological polar surface area (TPSA) is 60.4 Å². The normalized spacial score (nSPS) is 37.9. The zero-order valence-corrected chi connectivity index (χ0v) is 27.7. The van der Waals surface area contributed by atoms with Gasteiger partial charge in [-0.15, -0.1) is 0 Å². The van der Waals surface area contributed by atoms with E-state index in [1.165, 1.54) is 25.7 Å². The summed E-state index contributed by atoms with van der Waals surface area (Å²) in [6.45, 7) is 18.3. The number of rotatable bonds is 8. The monoisotopic (exact) mass is 582 g/mol. The van der Waals surface area contributed by atoms with Crippen molar-refractivity contribution in [3.05, 3.63) is 41.0 Å². The number of carbonyl (C=O) groups excluding carboxylic acids is 1. The number of benzene rings is 1. The van der Waals surface area contributed by atoms with Crippen LogP contribution in [0.4, 0.5) is 0 Å². The van der Waals surface area contributed by atoms with Gasteiger partial charge in [0.05, 0.1) is 11.0 Å². The van der Waals surface area contributed by atoms with Gasteiger partial charge in [-0.2, -0.15) is 8.42 Å². The van der Waals surface area contributed by atoms with Crippen LogP contribution in [0.5, 0.6) is 0 Å². The van der Waals surface area contributed by atoms with Gasteiger partial charge in [-0.1, -0.05) is 77.3 Å². The van der Waals surface area contributed by atoms with Gasteiger partial charge in [-0.25, -0.2) is 0 Å². The smallest absolute Gasteiger partial charge is 0.297 e. The van der Waals surface area contributed by atoms with E-state index < -0.39 is 10.1 Å². The molecule has 0 aromatic heterocycles. The summed E-state index contributed by atoms with van der Waals surface area (Å²) in [5, 5.41) is 0. The number of carbonyl (C=O) groups is 1. The first kappa shape index (κ1) is 31.0. The van der Waals surface area contributed by atoms with Crippen molar-refractivity contribution in [2.45, 2.75) is 131 Å². The van der Waals surface area contributed by atoms with Crippen molar-refractivity contribution in [2.75, 3.05) is 0 Å². The third-order valence-electron chi connectivity index (χ3n) is 13.1. The van der Waals surface area contributed by atoms with E-state index in [2.05, 4.69) is 34.6 Å². The number of hydrogen-bond acceptors (Lipinski definition) is 4. The lowest BCUT2D eigenvalue weighted by Crippen LogP contribution is -2.52. The number of fused-ring (bicyclic) bond motifs is 4. The minimum atomic E-state index is -3.78. The van der Waals surface area contributed by atoms with Gasteiger partial charge in [0.1, 0.15) is 5.78 Å². The standard InChI is InChI=1S/C36H54O4S/c1-23(2)32(37)16-11-25(4)28-17-21-36(8)31-15-14-29-26(5)33(40-41(38,39)27-12-9-24(3)10-13-27)19-20-34(29,6)30(31)18-22-35(28,36)7/h9-10,12-13,23,25-26,28-29,33H,11,14-22H2,1-8H3/t25-,26+,28-,29+,33+,34+,35-,36+/m1/s1. The Bertz CT molecular complexity index is 1290. The summed E-state index contributed by atoms with van der Waals surface area (Å²) in [6.07, 6.45) is 10.4. The minimum Gasteiger partial charge on any atom is -0.299 e. The first-order valence-electron chi connectivity index (χ1n) is 16.4. The predicted molar refractivity (Wildman–Crippen MR) is 166 cm³/mol. The van der Waals surface area contributed by atoms with E-state index in [0.717, 1.165) is 44.1 Å². The molecule has 2 saturated carbocycles. The molecule has 2 fully saturated rings. The highest BCUT2D eigenvalue weighted by Crippen LogP contribution is 2.71. The molecule has 0 heterocycles. The van der Waals surface area contributed by atoms with Gasteiger partial charge in [0.25, 0.3) is 10.1 Å². The fourth-order valence-electron chi connectivity index (χ4n) is 10.2. The maximum atomic E-state index is 13.2. The fraction of sp³-hybridized carbons (Fsp3) is 0.750. The Morgan fingerprint density at radius 2 is 1.63 bits per heavy atom. The summed E-state index contributed by atoms with van der Waals surface area (Å²) in [7, 11) is -3.78. The molecule has 0 radical (unpaired) electrons. The molecular weight excluding hydrogens is 528 g/mol. The summed E-state index contributed by atoms with van der Waals surface area (Å²) in [4.78, 5) is 12.7. The van der Waals surface area contributed by atoms with E-state index in [1.807, 2.05) is 32.9 Å². The number of allylic oxidation sites excluding steroid dienone is 2. The molecule has 5 heteroatoms. The SMILES string of the molecule is Cc1ccc(S(=O)(=O)O[C@H]2CC[C@]3(C)C4=C(CC[C@H]3[C@@H]2C)[C@]2(C)CC[C@H]([C@H](C)CCC(=O)C(C)C)[C@@]2(C)CC4)cc1. The summed E-state index contributed by atoms with van der Waals surface area (Å²) in [5.74, 6) is 2.42. The molecule has 0 spiro atoms. The highest BCUT2D eigenvalue weighted by molar-refractivity contribution is 7.86. The molecule has 0 bridgehead atoms. The molecule has 4 nitrogen and oxygen atoms in total. The van der Waals surface area contributed by atoms with Gasteiger partial charge in [0.2, 0.25) is 0 Å². The van der Waals surface area contributed by atoms with Crippen LogP contribution in [0, 0.1) is 52.8 Å². The predicted octanol–water partition coefficient (Wildman–Crippen LogP) is 9.07. The van der Waals surface area contributed by atoms with Gasteiger partial charge in [0.15, 0.2) is 0 Å². The summed E-state index contributed by atoms with van der Waals surface area (Å²) >= 11 is 0. The van der Waals surface area contributed by atoms with Crippen LogP contribution in [0.15, 0.2) is 40.3 Å². The zero-order chi connectivity index (χ0) is 30.0. The van der Waals surface area contributed by atoms with E-state index in [4.69, 9.17) is 4.18 Å². The molecule has 228 valence electrons. The van der Waals surface area contributed by atoms with Gasteiger partial charge in [0, 0.05) is 12.3 Å². The van der Waals surface area contributed by atoms with Crippen molar-refractivity contribution >= 4 is 15.9 Å². The molecule has 1 aromatic rings. The third kappa shape index (κ3) is 5.09. The average Bonchev–Trinajstić information content (AvgIpc) is 3.20. The lowest BCUT2D eigenvalue weighted by atomic mass is 9.45. The van der Waals surface area contributed by atoms with Gasteiger partial charge >= 0.3 is 0 Å². The van der Waals surface area contributed by atoms with E-state index in [1.54, 1.807) is 23.3 Å². The lowest BCUT2D eigenvalue weighted by molar-refractivity contribution is -0.122. The minimum absolute atomic E-state index is 0.123. The van der Waals surface area contributed by atoms with Crippen LogP contribution in [-0.2, 0) is 19.1 Å². The molecule has 8 atom stereocenters. The Kier molecular flexibility index (Phi) is 8.25. The average molecular weight is 583 g/mol. The summed E-state index contributed by atoms with van der Waals surface area (Å²) in [6, 6.07) is 7.00. The van der Waals surface area contributed by atoms with Gasteiger partial charge < -0.3 is 0 Å². The second-order valence-corrected chi connectivity index (χ2v) is 16.9. The van der Waals surface area contributed by atoms with Crippen LogP contribution in [0.3, 0.4) is 0 Å². The number of ketones is 1. The van der Waals surface area contributed by atoms with Crippen molar-refractivity contribution in [1.82, 2.24) is 0 Å². The summed E-state index contributed by atoms with van der Waals surface area (Å²) in [5.41, 5.74) is 5.13. The number of aryl methyl sites for hydroxylation is 1. The van der Waals surface area contributed by atoms with Crippen LogP contribution in [0.25, 0.3) is 0 Å². The molecule has 1 aromatic carbocycles. The largest absolute Gasteiger partial charge is 0.299 e. The first-order valence-corrected chi connectivity index (χ1v) is 17.8. The molecule has 41 heavy (non-hydrogen) atoms. The van der Waals surface area contributed by atoms with E-state index in [9.17, 15) is 13.2 Å². The Labute approximate surface area is 250 Å². The molecular formula is C36H54O4S. The molecule has 5 rings (SSSR count). The van der Waals surface area contributed by atoms with Crippen LogP contribution >= 0.6 is 0 Å². The number of Topliss-reactive ketones (excluding diaryl/α,β-unsaturated/α-hetero) is 1. The van der Waals surface area contributed by atoms with Crippen LogP contribution in [0.2, 0.25) is 0 Å². The third-order valence-corrected chi connectivity index (χ3v) is 14.4. The second kappa shape index (κ2) is 10.9. The van der Waals surface area contributed by atoms with E-state index in [0.29, 0.717) is 23.5 Å². The van der Waals surface area contributed by atoms with Crippen LogP contribution in [0.1, 0.15) is 118 Å². The van der Waals surface area contributed by atoms with Crippen LogP contribution in [-0.4, -0.2) is 20.3 Å². The van der Waals surface area contributed by atoms with Crippen molar-refractivity contribution < 1.29 is 17.4 Å². The van der Waals surface area contributed by atoms with Gasteiger partial charge in [-0.3, -0.25) is 8.98 Å². The van der Waals surface area contributed by atoms with E-state index >= 15 is 0 Å². The Morgan fingerprint density at radius 1 is 0.951 bits per heavy atom.